The summed E-state index contributed by atoms with van der Waals surface area (Å²) in [7, 11) is 0. The molecule has 2 N–H and O–H groups in total. The molecule has 1 unspecified atom stereocenters. The lowest BCUT2D eigenvalue weighted by Gasteiger charge is -2.41. The fraction of sp³-hybridized carbons (Fsp3) is 1.00. The molecule has 1 saturated heterocycles. The smallest absolute Gasteiger partial charge is 0.0146 e. The molecular formula is C12H24N2. The van der Waals surface area contributed by atoms with E-state index in [4.69, 9.17) is 5.73 Å². The van der Waals surface area contributed by atoms with E-state index >= 15 is 0 Å². The van der Waals surface area contributed by atoms with Gasteiger partial charge >= 0.3 is 0 Å². The van der Waals surface area contributed by atoms with E-state index < -0.39 is 0 Å². The summed E-state index contributed by atoms with van der Waals surface area (Å²) >= 11 is 0. The molecule has 1 saturated carbocycles. The van der Waals surface area contributed by atoms with Gasteiger partial charge in [-0.3, -0.25) is 4.90 Å². The van der Waals surface area contributed by atoms with Gasteiger partial charge in [-0.15, -0.1) is 0 Å². The Labute approximate surface area is 87.8 Å². The van der Waals surface area contributed by atoms with Crippen molar-refractivity contribution >= 4 is 0 Å². The summed E-state index contributed by atoms with van der Waals surface area (Å²) in [5, 5.41) is 0. The van der Waals surface area contributed by atoms with Crippen molar-refractivity contribution in [2.24, 2.45) is 11.1 Å². The van der Waals surface area contributed by atoms with E-state index in [1.807, 2.05) is 0 Å². The monoisotopic (exact) mass is 196 g/mol. The van der Waals surface area contributed by atoms with Crippen LogP contribution in [0, 0.1) is 5.41 Å². The van der Waals surface area contributed by atoms with Gasteiger partial charge in [0.2, 0.25) is 0 Å². The maximum Gasteiger partial charge on any atom is 0.0146 e. The third-order valence-corrected chi connectivity index (χ3v) is 4.22. The van der Waals surface area contributed by atoms with E-state index in [1.54, 1.807) is 0 Å². The lowest BCUT2D eigenvalue weighted by atomic mass is 9.85. The summed E-state index contributed by atoms with van der Waals surface area (Å²) < 4.78 is 0. The van der Waals surface area contributed by atoms with Crippen LogP contribution in [0.2, 0.25) is 0 Å². The molecular weight excluding hydrogens is 172 g/mol. The fourth-order valence-corrected chi connectivity index (χ4v) is 3.22. The summed E-state index contributed by atoms with van der Waals surface area (Å²) in [5.74, 6) is 0. The van der Waals surface area contributed by atoms with Gasteiger partial charge < -0.3 is 5.73 Å². The average molecular weight is 196 g/mol. The fourth-order valence-electron chi connectivity index (χ4n) is 3.22. The quantitative estimate of drug-likeness (QED) is 0.695. The molecule has 0 amide bonds. The van der Waals surface area contributed by atoms with Gasteiger partial charge in [0.15, 0.2) is 0 Å². The van der Waals surface area contributed by atoms with E-state index in [-0.39, 0.29) is 0 Å². The molecule has 0 bridgehead atoms. The van der Waals surface area contributed by atoms with Gasteiger partial charge in [-0.2, -0.15) is 0 Å². The molecule has 0 aromatic carbocycles. The predicted molar refractivity (Wildman–Crippen MR) is 60.2 cm³/mol. The van der Waals surface area contributed by atoms with Crippen molar-refractivity contribution in [2.75, 3.05) is 13.1 Å². The third-order valence-electron chi connectivity index (χ3n) is 4.22. The molecule has 2 aliphatic rings. The van der Waals surface area contributed by atoms with Crippen molar-refractivity contribution in [2.45, 2.75) is 58.0 Å². The van der Waals surface area contributed by atoms with E-state index in [9.17, 15) is 0 Å². The molecule has 1 aliphatic carbocycles. The average Bonchev–Trinajstić information content (AvgIpc) is 2.47. The minimum Gasteiger partial charge on any atom is -0.328 e. The Morgan fingerprint density at radius 1 is 1.14 bits per heavy atom. The molecule has 2 heteroatoms. The first-order valence-corrected chi connectivity index (χ1v) is 6.09. The molecule has 2 rings (SSSR count). The molecule has 2 nitrogen and oxygen atoms in total. The Morgan fingerprint density at radius 2 is 1.79 bits per heavy atom. The number of nitrogens with zero attached hydrogens (tertiary/aromatic N) is 1. The second kappa shape index (κ2) is 3.82. The van der Waals surface area contributed by atoms with Gasteiger partial charge in [-0.05, 0) is 44.2 Å². The van der Waals surface area contributed by atoms with Crippen LogP contribution in [0.4, 0.5) is 0 Å². The largest absolute Gasteiger partial charge is 0.328 e. The van der Waals surface area contributed by atoms with Crippen LogP contribution >= 0.6 is 0 Å². The molecule has 2 fully saturated rings. The number of rotatable bonds is 1. The topological polar surface area (TPSA) is 29.3 Å². The normalized spacial score (nSPS) is 34.9. The van der Waals surface area contributed by atoms with Crippen LogP contribution in [0.3, 0.4) is 0 Å². The van der Waals surface area contributed by atoms with Crippen LogP contribution < -0.4 is 5.73 Å². The summed E-state index contributed by atoms with van der Waals surface area (Å²) in [6, 6.07) is 1.30. The number of piperidine rings is 1. The minimum atomic E-state index is 0.468. The third kappa shape index (κ3) is 1.96. The van der Waals surface area contributed by atoms with Crippen LogP contribution in [0.15, 0.2) is 0 Å². The first-order chi connectivity index (χ1) is 6.59. The SMILES string of the molecule is CC1(C)CCCC1N1CCC(N)CC1. The maximum atomic E-state index is 5.94. The number of likely N-dealkylation sites (tertiary alicyclic amines) is 1. The standard InChI is InChI=1S/C12H24N2/c1-12(2)7-3-4-11(12)14-8-5-10(13)6-9-14/h10-11H,3-9,13H2,1-2H3. The second-order valence-electron chi connectivity index (χ2n) is 5.77. The minimum absolute atomic E-state index is 0.468. The van der Waals surface area contributed by atoms with Crippen molar-refractivity contribution in [1.82, 2.24) is 4.90 Å². The zero-order chi connectivity index (χ0) is 10.2. The first kappa shape index (κ1) is 10.4. The maximum absolute atomic E-state index is 5.94. The Morgan fingerprint density at radius 3 is 2.29 bits per heavy atom. The van der Waals surface area contributed by atoms with Crippen LogP contribution in [0.25, 0.3) is 0 Å². The van der Waals surface area contributed by atoms with Crippen molar-refractivity contribution in [3.8, 4) is 0 Å². The lowest BCUT2D eigenvalue weighted by Crippen LogP contribution is -2.48. The summed E-state index contributed by atoms with van der Waals surface area (Å²) in [6.45, 7) is 7.32. The molecule has 1 atom stereocenters. The van der Waals surface area contributed by atoms with E-state index in [0.717, 1.165) is 6.04 Å². The van der Waals surface area contributed by atoms with Crippen LogP contribution in [-0.2, 0) is 0 Å². The Balaban J connectivity index is 1.95. The van der Waals surface area contributed by atoms with E-state index in [2.05, 4.69) is 18.7 Å². The molecule has 0 spiro atoms. The molecule has 0 aromatic rings. The highest BCUT2D eigenvalue weighted by Crippen LogP contribution is 2.41. The molecule has 0 radical (unpaired) electrons. The molecule has 0 aromatic heterocycles. The van der Waals surface area contributed by atoms with Crippen LogP contribution in [0.5, 0.6) is 0 Å². The Hall–Kier alpha value is -0.0800. The molecule has 1 heterocycles. The van der Waals surface area contributed by atoms with Crippen molar-refractivity contribution in [1.29, 1.82) is 0 Å². The zero-order valence-electron chi connectivity index (χ0n) is 9.63. The van der Waals surface area contributed by atoms with Gasteiger partial charge in [0.1, 0.15) is 0 Å². The highest BCUT2D eigenvalue weighted by molar-refractivity contribution is 4.93. The van der Waals surface area contributed by atoms with Crippen molar-refractivity contribution < 1.29 is 0 Å². The van der Waals surface area contributed by atoms with E-state index in [0.29, 0.717) is 11.5 Å². The van der Waals surface area contributed by atoms with Gasteiger partial charge in [0, 0.05) is 12.1 Å². The van der Waals surface area contributed by atoms with Crippen molar-refractivity contribution in [3.63, 3.8) is 0 Å². The molecule has 14 heavy (non-hydrogen) atoms. The number of nitrogens with two attached hydrogens (primary N) is 1. The predicted octanol–water partition coefficient (Wildman–Crippen LogP) is 1.99. The summed E-state index contributed by atoms with van der Waals surface area (Å²) in [6.07, 6.45) is 6.63. The first-order valence-electron chi connectivity index (χ1n) is 6.09. The highest BCUT2D eigenvalue weighted by Gasteiger charge is 2.38. The number of hydrogen-bond donors (Lipinski definition) is 1. The van der Waals surface area contributed by atoms with Crippen molar-refractivity contribution in [3.05, 3.63) is 0 Å². The van der Waals surface area contributed by atoms with Crippen LogP contribution in [0.1, 0.15) is 46.0 Å². The Kier molecular flexibility index (Phi) is 2.85. The number of hydrogen-bond acceptors (Lipinski definition) is 2. The highest BCUT2D eigenvalue weighted by atomic mass is 15.2. The van der Waals surface area contributed by atoms with Gasteiger partial charge in [-0.25, -0.2) is 0 Å². The van der Waals surface area contributed by atoms with E-state index in [1.165, 1.54) is 45.2 Å². The van der Waals surface area contributed by atoms with Gasteiger partial charge in [0.05, 0.1) is 0 Å². The Bertz CT molecular complexity index is 192. The zero-order valence-corrected chi connectivity index (χ0v) is 9.63. The molecule has 1 aliphatic heterocycles. The lowest BCUT2D eigenvalue weighted by molar-refractivity contribution is 0.0871. The molecule has 82 valence electrons. The van der Waals surface area contributed by atoms with Gasteiger partial charge in [-0.1, -0.05) is 20.3 Å². The second-order valence-corrected chi connectivity index (χ2v) is 5.77. The summed E-state index contributed by atoms with van der Waals surface area (Å²) in [5.41, 5.74) is 6.48. The summed E-state index contributed by atoms with van der Waals surface area (Å²) in [4.78, 5) is 2.69. The van der Waals surface area contributed by atoms with Crippen LogP contribution in [-0.4, -0.2) is 30.1 Å². The van der Waals surface area contributed by atoms with Gasteiger partial charge in [0.25, 0.3) is 0 Å².